The molecule has 0 spiro atoms. The number of nitrogens with zero attached hydrogens (tertiary/aromatic N) is 3. The predicted octanol–water partition coefficient (Wildman–Crippen LogP) is 2.40. The van der Waals surface area contributed by atoms with Crippen LogP contribution in [0.2, 0.25) is 0 Å². The molecule has 1 rings (SSSR count). The van der Waals surface area contributed by atoms with Crippen LogP contribution in [0.25, 0.3) is 10.4 Å². The van der Waals surface area contributed by atoms with Gasteiger partial charge in [-0.15, -0.1) is 11.3 Å². The third kappa shape index (κ3) is 1.98. The van der Waals surface area contributed by atoms with Crippen molar-refractivity contribution in [3.63, 3.8) is 0 Å². The fourth-order valence-electron chi connectivity index (χ4n) is 0.874. The van der Waals surface area contributed by atoms with Crippen LogP contribution in [0.15, 0.2) is 16.6 Å². The molecule has 0 aromatic carbocycles. The Bertz CT molecular complexity index is 303. The van der Waals surface area contributed by atoms with Gasteiger partial charge in [0.2, 0.25) is 0 Å². The smallest absolute Gasteiger partial charge is 0.0949 e. The Labute approximate surface area is 74.1 Å². The second-order valence-corrected chi connectivity index (χ2v) is 3.37. The van der Waals surface area contributed by atoms with Crippen molar-refractivity contribution in [3.05, 3.63) is 32.3 Å². The SMILES string of the molecule is Cc1csc(C(CO)N=[N+]=[N-])c1. The van der Waals surface area contributed by atoms with Gasteiger partial charge in [0.05, 0.1) is 12.6 Å². The summed E-state index contributed by atoms with van der Waals surface area (Å²) in [7, 11) is 0. The zero-order chi connectivity index (χ0) is 8.97. The molecule has 0 fully saturated rings. The number of aliphatic hydroxyl groups is 1. The highest BCUT2D eigenvalue weighted by molar-refractivity contribution is 7.10. The second kappa shape index (κ2) is 4.11. The van der Waals surface area contributed by atoms with Crippen molar-refractivity contribution < 1.29 is 5.11 Å². The van der Waals surface area contributed by atoms with Crippen LogP contribution < -0.4 is 0 Å². The quantitative estimate of drug-likeness (QED) is 0.436. The van der Waals surface area contributed by atoms with Gasteiger partial charge in [0.1, 0.15) is 0 Å². The van der Waals surface area contributed by atoms with Gasteiger partial charge in [-0.25, -0.2) is 0 Å². The summed E-state index contributed by atoms with van der Waals surface area (Å²) in [5.74, 6) is 0. The highest BCUT2D eigenvalue weighted by Gasteiger charge is 2.09. The van der Waals surface area contributed by atoms with E-state index in [0.29, 0.717) is 0 Å². The van der Waals surface area contributed by atoms with Gasteiger partial charge in [-0.2, -0.15) is 0 Å². The summed E-state index contributed by atoms with van der Waals surface area (Å²) in [5.41, 5.74) is 9.31. The Morgan fingerprint density at radius 2 is 2.58 bits per heavy atom. The van der Waals surface area contributed by atoms with Crippen LogP contribution in [0.5, 0.6) is 0 Å². The lowest BCUT2D eigenvalue weighted by Gasteiger charge is -2.01. The van der Waals surface area contributed by atoms with Crippen molar-refractivity contribution in [2.45, 2.75) is 13.0 Å². The minimum atomic E-state index is -0.423. The van der Waals surface area contributed by atoms with Gasteiger partial charge in [0.25, 0.3) is 0 Å². The molecule has 0 aliphatic rings. The molecule has 0 saturated carbocycles. The van der Waals surface area contributed by atoms with Crippen LogP contribution in [0.1, 0.15) is 16.5 Å². The fraction of sp³-hybridized carbons (Fsp3) is 0.429. The molecule has 0 aliphatic heterocycles. The number of aliphatic hydroxyl groups excluding tert-OH is 1. The van der Waals surface area contributed by atoms with E-state index in [-0.39, 0.29) is 6.61 Å². The summed E-state index contributed by atoms with van der Waals surface area (Å²) in [6.45, 7) is 1.83. The van der Waals surface area contributed by atoms with Gasteiger partial charge >= 0.3 is 0 Å². The van der Waals surface area contributed by atoms with Crippen molar-refractivity contribution >= 4 is 11.3 Å². The van der Waals surface area contributed by atoms with Crippen molar-refractivity contribution in [2.24, 2.45) is 5.11 Å². The van der Waals surface area contributed by atoms with Crippen LogP contribution in [-0.4, -0.2) is 11.7 Å². The maximum atomic E-state index is 8.86. The average molecular weight is 183 g/mol. The van der Waals surface area contributed by atoms with E-state index in [1.54, 1.807) is 0 Å². The second-order valence-electron chi connectivity index (χ2n) is 2.43. The number of rotatable bonds is 3. The Morgan fingerprint density at radius 1 is 1.83 bits per heavy atom. The first-order valence-electron chi connectivity index (χ1n) is 3.48. The van der Waals surface area contributed by atoms with E-state index in [0.717, 1.165) is 10.4 Å². The molecule has 1 atom stereocenters. The van der Waals surface area contributed by atoms with Gasteiger partial charge in [-0.05, 0) is 29.5 Å². The van der Waals surface area contributed by atoms with Crippen molar-refractivity contribution in [3.8, 4) is 0 Å². The predicted molar refractivity (Wildman–Crippen MR) is 48.0 cm³/mol. The standard InChI is InChI=1S/C7H9N3OS/c1-5-2-7(12-4-5)6(3-11)9-10-8/h2,4,6,11H,3H2,1H3. The van der Waals surface area contributed by atoms with Crippen molar-refractivity contribution in [1.29, 1.82) is 0 Å². The molecule has 64 valence electrons. The first-order chi connectivity index (χ1) is 5.77. The lowest BCUT2D eigenvalue weighted by Crippen LogP contribution is -1.96. The maximum Gasteiger partial charge on any atom is 0.0949 e. The lowest BCUT2D eigenvalue weighted by atomic mass is 10.2. The summed E-state index contributed by atoms with van der Waals surface area (Å²) in [6.07, 6.45) is 0. The van der Waals surface area contributed by atoms with E-state index in [4.69, 9.17) is 10.6 Å². The van der Waals surface area contributed by atoms with Crippen LogP contribution >= 0.6 is 11.3 Å². The van der Waals surface area contributed by atoms with Gasteiger partial charge < -0.3 is 5.11 Å². The number of azide groups is 1. The average Bonchev–Trinajstić information content (AvgIpc) is 2.47. The largest absolute Gasteiger partial charge is 0.396 e. The molecule has 0 radical (unpaired) electrons. The van der Waals surface area contributed by atoms with Crippen molar-refractivity contribution in [2.75, 3.05) is 6.61 Å². The zero-order valence-electron chi connectivity index (χ0n) is 6.64. The molecular weight excluding hydrogens is 174 g/mol. The molecule has 1 N–H and O–H groups in total. The van der Waals surface area contributed by atoms with Gasteiger partial charge in [-0.1, -0.05) is 5.11 Å². The summed E-state index contributed by atoms with van der Waals surface area (Å²) in [6, 6.07) is 1.49. The number of aryl methyl sites for hydroxylation is 1. The Hall–Kier alpha value is -1.03. The van der Waals surface area contributed by atoms with E-state index >= 15 is 0 Å². The fourth-order valence-corrected chi connectivity index (χ4v) is 1.80. The zero-order valence-corrected chi connectivity index (χ0v) is 7.45. The molecule has 0 amide bonds. The Kier molecular flexibility index (Phi) is 3.10. The summed E-state index contributed by atoms with van der Waals surface area (Å²) < 4.78 is 0. The van der Waals surface area contributed by atoms with Crippen molar-refractivity contribution in [1.82, 2.24) is 0 Å². The number of hydrogen-bond acceptors (Lipinski definition) is 3. The third-order valence-corrected chi connectivity index (χ3v) is 2.59. The first kappa shape index (κ1) is 9.06. The first-order valence-corrected chi connectivity index (χ1v) is 4.36. The highest BCUT2D eigenvalue weighted by Crippen LogP contribution is 2.24. The van der Waals surface area contributed by atoms with E-state index in [1.165, 1.54) is 11.3 Å². The van der Waals surface area contributed by atoms with E-state index in [2.05, 4.69) is 10.0 Å². The number of thiophene rings is 1. The topological polar surface area (TPSA) is 69.0 Å². The van der Waals surface area contributed by atoms with Gasteiger partial charge in [0.15, 0.2) is 0 Å². The highest BCUT2D eigenvalue weighted by atomic mass is 32.1. The third-order valence-electron chi connectivity index (χ3n) is 1.44. The van der Waals surface area contributed by atoms with Crippen LogP contribution in [0.4, 0.5) is 0 Å². The van der Waals surface area contributed by atoms with E-state index in [9.17, 15) is 0 Å². The molecule has 4 nitrogen and oxygen atoms in total. The van der Waals surface area contributed by atoms with Gasteiger partial charge in [0, 0.05) is 9.79 Å². The molecule has 12 heavy (non-hydrogen) atoms. The molecule has 0 saturated heterocycles. The molecular formula is C7H9N3OS. The van der Waals surface area contributed by atoms with E-state index in [1.807, 2.05) is 18.4 Å². The summed E-state index contributed by atoms with van der Waals surface area (Å²) in [4.78, 5) is 3.57. The Morgan fingerprint density at radius 3 is 3.00 bits per heavy atom. The summed E-state index contributed by atoms with van der Waals surface area (Å²) in [5, 5.41) is 14.3. The molecule has 1 unspecified atom stereocenters. The van der Waals surface area contributed by atoms with Crippen LogP contribution in [0.3, 0.4) is 0 Å². The lowest BCUT2D eigenvalue weighted by molar-refractivity contribution is 0.269. The van der Waals surface area contributed by atoms with E-state index < -0.39 is 6.04 Å². The minimum Gasteiger partial charge on any atom is -0.396 e. The molecule has 1 aromatic rings. The van der Waals surface area contributed by atoms with Crippen LogP contribution in [0, 0.1) is 6.92 Å². The normalized spacial score (nSPS) is 12.2. The van der Waals surface area contributed by atoms with Gasteiger partial charge in [-0.3, -0.25) is 0 Å². The maximum absolute atomic E-state index is 8.86. The monoisotopic (exact) mass is 183 g/mol. The molecule has 1 heterocycles. The molecule has 0 bridgehead atoms. The Balaban J connectivity index is 2.86. The molecule has 5 heteroatoms. The summed E-state index contributed by atoms with van der Waals surface area (Å²) >= 11 is 1.50. The van der Waals surface area contributed by atoms with Crippen LogP contribution in [-0.2, 0) is 0 Å². The minimum absolute atomic E-state index is 0.135. The number of hydrogen-bond donors (Lipinski definition) is 1. The molecule has 1 aromatic heterocycles. The molecule has 0 aliphatic carbocycles.